The second kappa shape index (κ2) is 15.2. The molecule has 0 radical (unpaired) electrons. The molecule has 6 heteroatoms. The maximum absolute atomic E-state index is 12.1. The molecule has 0 spiro atoms. The lowest BCUT2D eigenvalue weighted by molar-refractivity contribution is -0.873. The monoisotopic (exact) mass is 466 g/mol. The van der Waals surface area contributed by atoms with Crippen LogP contribution in [-0.2, 0) is 27.2 Å². The number of rotatable bonds is 18. The van der Waals surface area contributed by atoms with E-state index in [1.807, 2.05) is 21.1 Å². The number of likely N-dealkylation sites (N-methyl/N-ethyl adjacent to an activating group) is 1. The molecule has 1 N–H and O–H groups in total. The van der Waals surface area contributed by atoms with E-state index in [1.54, 1.807) is 0 Å². The highest BCUT2D eigenvalue weighted by atomic mass is 16.5. The van der Waals surface area contributed by atoms with Gasteiger partial charge >= 0.3 is 11.9 Å². The smallest absolute Gasteiger partial charge is 0.307 e. The van der Waals surface area contributed by atoms with Crippen LogP contribution in [0.5, 0.6) is 0 Å². The van der Waals surface area contributed by atoms with Crippen LogP contribution in [0.3, 0.4) is 0 Å². The highest BCUT2D eigenvalue weighted by Crippen LogP contribution is 2.25. The first-order valence-electron chi connectivity index (χ1n) is 12.8. The number of quaternary nitrogens is 1. The number of nitrogens with zero attached hydrogens (tertiary/aromatic N) is 1. The molecule has 33 heavy (non-hydrogen) atoms. The van der Waals surface area contributed by atoms with E-state index in [0.717, 1.165) is 50.7 Å². The number of furan rings is 1. The molecule has 6 nitrogen and oxygen atoms in total. The van der Waals surface area contributed by atoms with E-state index in [-0.39, 0.29) is 12.4 Å². The van der Waals surface area contributed by atoms with E-state index >= 15 is 0 Å². The third-order valence-corrected chi connectivity index (χ3v) is 6.14. The maximum atomic E-state index is 12.1. The lowest BCUT2D eigenvalue weighted by Crippen LogP contribution is -2.43. The predicted octanol–water partition coefficient (Wildman–Crippen LogP) is 6.00. The highest BCUT2D eigenvalue weighted by Gasteiger charge is 2.24. The molecule has 190 valence electrons. The molecule has 1 aromatic heterocycles. The van der Waals surface area contributed by atoms with Gasteiger partial charge in [-0.3, -0.25) is 9.59 Å². The lowest BCUT2D eigenvalue weighted by Gasteiger charge is -2.28. The van der Waals surface area contributed by atoms with Crippen molar-refractivity contribution in [3.05, 3.63) is 22.6 Å². The summed E-state index contributed by atoms with van der Waals surface area (Å²) < 4.78 is 12.2. The summed E-state index contributed by atoms with van der Waals surface area (Å²) in [6.45, 7) is 7.08. The number of hydrogen-bond acceptors (Lipinski definition) is 4. The molecule has 0 saturated carbocycles. The summed E-state index contributed by atoms with van der Waals surface area (Å²) in [5.74, 6) is 1.11. The third-order valence-electron chi connectivity index (χ3n) is 6.14. The van der Waals surface area contributed by atoms with Crippen molar-refractivity contribution >= 4 is 11.9 Å². The van der Waals surface area contributed by atoms with Crippen molar-refractivity contribution in [3.8, 4) is 0 Å². The number of carbonyl (C=O) groups excluding carboxylic acids is 1. The van der Waals surface area contributed by atoms with Crippen LogP contribution >= 0.6 is 0 Å². The summed E-state index contributed by atoms with van der Waals surface area (Å²) >= 11 is 0. The number of aryl methyl sites for hydroxylation is 2. The fraction of sp³-hybridized carbons (Fsp3) is 0.778. The fourth-order valence-corrected chi connectivity index (χ4v) is 4.19. The number of carboxylic acids is 1. The zero-order valence-corrected chi connectivity index (χ0v) is 22.0. The molecule has 0 aliphatic heterocycles. The summed E-state index contributed by atoms with van der Waals surface area (Å²) in [6.07, 6.45) is 11.7. The average molecular weight is 467 g/mol. The standard InChI is InChI=1S/C27H47NO5/c1-7-8-13-16-24-21(2)22(3)25(33-24)17-14-11-9-10-12-15-18-27(31)32-23(19-26(29)30)20-28(4,5)6/h23H,7-20H2,1-6H3/p+1. The van der Waals surface area contributed by atoms with Crippen LogP contribution < -0.4 is 0 Å². The second-order valence-corrected chi connectivity index (χ2v) is 10.5. The first-order valence-corrected chi connectivity index (χ1v) is 12.8. The molecule has 0 fully saturated rings. The SMILES string of the molecule is CCCCCc1oc(CCCCCCCCC(=O)OC(CC(=O)O)C[N+](C)(C)C)c(C)c1C. The van der Waals surface area contributed by atoms with E-state index in [0.29, 0.717) is 17.4 Å². The van der Waals surface area contributed by atoms with Crippen LogP contribution in [0.1, 0.15) is 100 Å². The highest BCUT2D eigenvalue weighted by molar-refractivity contribution is 5.71. The van der Waals surface area contributed by atoms with Gasteiger partial charge in [-0.2, -0.15) is 0 Å². The van der Waals surface area contributed by atoms with Gasteiger partial charge in [0.05, 0.1) is 27.6 Å². The van der Waals surface area contributed by atoms with Crippen LogP contribution in [0.2, 0.25) is 0 Å². The number of aliphatic carboxylic acids is 1. The van der Waals surface area contributed by atoms with Crippen molar-refractivity contribution < 1.29 is 28.3 Å². The molecule has 1 atom stereocenters. The Kier molecular flexibility index (Phi) is 13.4. The van der Waals surface area contributed by atoms with Crippen molar-refractivity contribution in [2.24, 2.45) is 0 Å². The predicted molar refractivity (Wildman–Crippen MR) is 132 cm³/mol. The Labute approximate surface area is 201 Å². The van der Waals surface area contributed by atoms with Crippen LogP contribution in [-0.4, -0.2) is 55.3 Å². The number of ether oxygens (including phenoxy) is 1. The van der Waals surface area contributed by atoms with Crippen molar-refractivity contribution in [2.75, 3.05) is 27.7 Å². The third kappa shape index (κ3) is 12.9. The van der Waals surface area contributed by atoms with Crippen LogP contribution in [0.4, 0.5) is 0 Å². The lowest BCUT2D eigenvalue weighted by atomic mass is 10.0. The summed E-state index contributed by atoms with van der Waals surface area (Å²) in [6, 6.07) is 0. The molecule has 0 aliphatic carbocycles. The van der Waals surface area contributed by atoms with Gasteiger partial charge in [0, 0.05) is 19.3 Å². The summed E-state index contributed by atoms with van der Waals surface area (Å²) in [4.78, 5) is 23.2. The summed E-state index contributed by atoms with van der Waals surface area (Å²) in [5.41, 5.74) is 2.66. The molecule has 0 aromatic carbocycles. The Morgan fingerprint density at radius 1 is 0.879 bits per heavy atom. The molecule has 1 rings (SSSR count). The fourth-order valence-electron chi connectivity index (χ4n) is 4.19. The van der Waals surface area contributed by atoms with Crippen molar-refractivity contribution in [2.45, 2.75) is 110 Å². The molecule has 0 bridgehead atoms. The largest absolute Gasteiger partial charge is 0.481 e. The van der Waals surface area contributed by atoms with Gasteiger partial charge in [0.1, 0.15) is 18.1 Å². The van der Waals surface area contributed by atoms with E-state index < -0.39 is 12.1 Å². The molecule has 1 heterocycles. The van der Waals surface area contributed by atoms with Crippen LogP contribution in [0.15, 0.2) is 4.42 Å². The molecule has 0 aliphatic rings. The van der Waals surface area contributed by atoms with Crippen molar-refractivity contribution in [1.82, 2.24) is 0 Å². The Hall–Kier alpha value is -1.82. The summed E-state index contributed by atoms with van der Waals surface area (Å²) in [7, 11) is 5.89. The zero-order valence-electron chi connectivity index (χ0n) is 22.0. The molecular weight excluding hydrogens is 418 g/mol. The Balaban J connectivity index is 2.21. The second-order valence-electron chi connectivity index (χ2n) is 10.5. The molecule has 0 amide bonds. The molecular formula is C27H48NO5+. The van der Waals surface area contributed by atoms with Gasteiger partial charge in [-0.1, -0.05) is 45.4 Å². The first kappa shape index (κ1) is 29.2. The number of esters is 1. The molecule has 1 aromatic rings. The van der Waals surface area contributed by atoms with E-state index in [4.69, 9.17) is 14.3 Å². The number of hydrogen-bond donors (Lipinski definition) is 1. The van der Waals surface area contributed by atoms with Crippen molar-refractivity contribution in [3.63, 3.8) is 0 Å². The van der Waals surface area contributed by atoms with Crippen LogP contribution in [0, 0.1) is 13.8 Å². The van der Waals surface area contributed by atoms with Crippen LogP contribution in [0.25, 0.3) is 0 Å². The van der Waals surface area contributed by atoms with E-state index in [9.17, 15) is 9.59 Å². The Morgan fingerprint density at radius 2 is 1.39 bits per heavy atom. The van der Waals surface area contributed by atoms with Gasteiger partial charge in [0.25, 0.3) is 0 Å². The number of carboxylic acid groups (broad SMARTS) is 1. The topological polar surface area (TPSA) is 76.7 Å². The Morgan fingerprint density at radius 3 is 1.91 bits per heavy atom. The maximum Gasteiger partial charge on any atom is 0.307 e. The van der Waals surface area contributed by atoms with Crippen molar-refractivity contribution in [1.29, 1.82) is 0 Å². The molecule has 0 saturated heterocycles. The van der Waals surface area contributed by atoms with E-state index in [2.05, 4.69) is 20.8 Å². The van der Waals surface area contributed by atoms with Gasteiger partial charge in [0.15, 0.2) is 6.10 Å². The van der Waals surface area contributed by atoms with Gasteiger partial charge < -0.3 is 18.7 Å². The van der Waals surface area contributed by atoms with Gasteiger partial charge in [0.2, 0.25) is 0 Å². The Bertz CT molecular complexity index is 717. The van der Waals surface area contributed by atoms with Gasteiger partial charge in [-0.05, 0) is 44.2 Å². The minimum absolute atomic E-state index is 0.143. The minimum atomic E-state index is -0.936. The quantitative estimate of drug-likeness (QED) is 0.163. The van der Waals surface area contributed by atoms with E-state index in [1.165, 1.54) is 42.6 Å². The first-order chi connectivity index (χ1) is 15.5. The average Bonchev–Trinajstić information content (AvgIpc) is 2.96. The number of carbonyl (C=O) groups is 2. The van der Waals surface area contributed by atoms with Gasteiger partial charge in [-0.15, -0.1) is 0 Å². The van der Waals surface area contributed by atoms with Gasteiger partial charge in [-0.25, -0.2) is 0 Å². The zero-order chi connectivity index (χ0) is 24.9. The number of unbranched alkanes of at least 4 members (excludes halogenated alkanes) is 7. The summed E-state index contributed by atoms with van der Waals surface area (Å²) in [5, 5.41) is 9.05. The normalized spacial score (nSPS) is 12.7. The molecule has 1 unspecified atom stereocenters. The minimum Gasteiger partial charge on any atom is -0.481 e.